The molecule has 0 spiro atoms. The smallest absolute Gasteiger partial charge is 0.183 e. The van der Waals surface area contributed by atoms with Crippen molar-refractivity contribution in [1.82, 2.24) is 0 Å². The zero-order valence-corrected chi connectivity index (χ0v) is 11.7. The Morgan fingerprint density at radius 3 is 2.37 bits per heavy atom. The fourth-order valence-electron chi connectivity index (χ4n) is 3.64. The van der Waals surface area contributed by atoms with Crippen molar-refractivity contribution < 1.29 is 4.79 Å². The van der Waals surface area contributed by atoms with E-state index in [0.29, 0.717) is 5.92 Å². The number of rotatable bonds is 1. The van der Waals surface area contributed by atoms with Crippen LogP contribution in [0.2, 0.25) is 0 Å². The molecule has 2 saturated carbocycles. The average Bonchev–Trinajstić information content (AvgIpc) is 2.66. The van der Waals surface area contributed by atoms with Crippen LogP contribution < -0.4 is 5.73 Å². The van der Waals surface area contributed by atoms with Crippen molar-refractivity contribution in [3.63, 3.8) is 0 Å². The molecule has 1 aromatic rings. The molecule has 0 aromatic heterocycles. The van der Waals surface area contributed by atoms with E-state index in [9.17, 15) is 4.79 Å². The zero-order valence-electron chi connectivity index (χ0n) is 11.7. The van der Waals surface area contributed by atoms with Crippen molar-refractivity contribution in [3.05, 3.63) is 24.3 Å². The maximum Gasteiger partial charge on any atom is 0.183 e. The molecule has 2 aliphatic rings. The second-order valence-corrected chi connectivity index (χ2v) is 6.56. The minimum atomic E-state index is -0.232. The molecule has 0 aliphatic heterocycles. The summed E-state index contributed by atoms with van der Waals surface area (Å²) in [5.74, 6) is 0.535. The molecule has 1 aromatic carbocycles. The Labute approximate surface area is 113 Å². The monoisotopic (exact) mass is 256 g/mol. The van der Waals surface area contributed by atoms with Crippen LogP contribution in [0.15, 0.2) is 29.3 Å². The largest absolute Gasteiger partial charge is 0.399 e. The minimum absolute atomic E-state index is 0.0245. The SMILES string of the molecule is CC1(C)[C@@H]2CC[C@@]1(C)C(=O)C2=Nc1ccc(N)cc1. The van der Waals surface area contributed by atoms with Crippen molar-refractivity contribution in [2.75, 3.05) is 5.73 Å². The Hall–Kier alpha value is -1.64. The third-order valence-electron chi connectivity index (χ3n) is 5.43. The Morgan fingerprint density at radius 2 is 1.84 bits per heavy atom. The summed E-state index contributed by atoms with van der Waals surface area (Å²) in [6.45, 7) is 6.50. The van der Waals surface area contributed by atoms with Crippen LogP contribution >= 0.6 is 0 Å². The van der Waals surface area contributed by atoms with Gasteiger partial charge in [0.05, 0.1) is 11.4 Å². The number of hydrogen-bond acceptors (Lipinski definition) is 3. The normalized spacial score (nSPS) is 34.2. The summed E-state index contributed by atoms with van der Waals surface area (Å²) in [5, 5.41) is 0. The molecule has 2 N–H and O–H groups in total. The lowest BCUT2D eigenvalue weighted by Gasteiger charge is -2.31. The van der Waals surface area contributed by atoms with E-state index in [1.807, 2.05) is 24.3 Å². The summed E-state index contributed by atoms with van der Waals surface area (Å²) < 4.78 is 0. The van der Waals surface area contributed by atoms with Crippen LogP contribution in [0.5, 0.6) is 0 Å². The Kier molecular flexibility index (Phi) is 2.40. The van der Waals surface area contributed by atoms with Crippen molar-refractivity contribution in [2.24, 2.45) is 21.7 Å². The highest BCUT2D eigenvalue weighted by atomic mass is 16.1. The summed E-state index contributed by atoms with van der Waals surface area (Å²) in [7, 11) is 0. The fraction of sp³-hybridized carbons (Fsp3) is 0.500. The third kappa shape index (κ3) is 1.50. The van der Waals surface area contributed by atoms with Gasteiger partial charge in [-0.25, -0.2) is 4.99 Å². The summed E-state index contributed by atoms with van der Waals surface area (Å²) in [5.41, 5.74) is 7.77. The second kappa shape index (κ2) is 3.69. The van der Waals surface area contributed by atoms with Gasteiger partial charge >= 0.3 is 0 Å². The lowest BCUT2D eigenvalue weighted by Crippen LogP contribution is -2.33. The van der Waals surface area contributed by atoms with Crippen LogP contribution in [-0.2, 0) is 4.79 Å². The van der Waals surface area contributed by atoms with E-state index in [4.69, 9.17) is 5.73 Å². The predicted octanol–water partition coefficient (Wildman–Crippen LogP) is 3.37. The van der Waals surface area contributed by atoms with Gasteiger partial charge in [-0.15, -0.1) is 0 Å². The lowest BCUT2D eigenvalue weighted by molar-refractivity contribution is -0.123. The first kappa shape index (κ1) is 12.4. The van der Waals surface area contributed by atoms with Crippen molar-refractivity contribution >= 4 is 22.9 Å². The minimum Gasteiger partial charge on any atom is -0.399 e. The number of carbonyl (C=O) groups excluding carboxylic acids is 1. The number of fused-ring (bicyclic) bond motifs is 2. The lowest BCUT2D eigenvalue weighted by atomic mass is 9.70. The van der Waals surface area contributed by atoms with Gasteiger partial charge in [0.15, 0.2) is 5.78 Å². The van der Waals surface area contributed by atoms with Gasteiger partial charge < -0.3 is 5.73 Å². The Balaban J connectivity index is 2.04. The van der Waals surface area contributed by atoms with Crippen LogP contribution in [-0.4, -0.2) is 11.5 Å². The number of nitrogen functional groups attached to an aromatic ring is 1. The number of aliphatic imine (C=N–C) groups is 1. The average molecular weight is 256 g/mol. The van der Waals surface area contributed by atoms with Crippen molar-refractivity contribution in [1.29, 1.82) is 0 Å². The van der Waals surface area contributed by atoms with E-state index in [1.165, 1.54) is 0 Å². The molecule has 2 bridgehead atoms. The van der Waals surface area contributed by atoms with Crippen LogP contribution in [0.25, 0.3) is 0 Å². The zero-order chi connectivity index (χ0) is 13.8. The first-order valence-corrected chi connectivity index (χ1v) is 6.85. The molecule has 0 unspecified atom stereocenters. The number of nitrogens with two attached hydrogens (primary N) is 1. The summed E-state index contributed by atoms with van der Waals surface area (Å²) in [6.07, 6.45) is 2.06. The summed E-state index contributed by atoms with van der Waals surface area (Å²) in [4.78, 5) is 17.2. The quantitative estimate of drug-likeness (QED) is 0.783. The van der Waals surface area contributed by atoms with E-state index in [2.05, 4.69) is 25.8 Å². The Bertz CT molecular complexity index is 571. The van der Waals surface area contributed by atoms with Gasteiger partial charge in [0.25, 0.3) is 0 Å². The first-order chi connectivity index (χ1) is 8.86. The maximum atomic E-state index is 12.6. The topological polar surface area (TPSA) is 55.5 Å². The number of benzene rings is 1. The molecule has 100 valence electrons. The maximum absolute atomic E-state index is 12.6. The standard InChI is InChI=1S/C16H20N2O/c1-15(2)12-8-9-16(15,3)14(19)13(12)18-11-6-4-10(17)5-7-11/h4-7,12H,8-9,17H2,1-3H3/t12-,16+/m1/s1. The molecule has 0 heterocycles. The number of nitrogens with zero attached hydrogens (tertiary/aromatic N) is 1. The first-order valence-electron chi connectivity index (χ1n) is 6.85. The number of ketones is 1. The van der Waals surface area contributed by atoms with E-state index in [0.717, 1.165) is 29.9 Å². The van der Waals surface area contributed by atoms with Crippen LogP contribution in [0.1, 0.15) is 33.6 Å². The molecule has 2 atom stereocenters. The number of Topliss-reactive ketones (excluding diaryl/α,β-unsaturated/α-hetero) is 1. The van der Waals surface area contributed by atoms with E-state index in [1.54, 1.807) is 0 Å². The van der Waals surface area contributed by atoms with E-state index >= 15 is 0 Å². The molecular formula is C16H20N2O. The summed E-state index contributed by atoms with van der Waals surface area (Å²) >= 11 is 0. The molecule has 0 amide bonds. The van der Waals surface area contributed by atoms with E-state index < -0.39 is 0 Å². The van der Waals surface area contributed by atoms with E-state index in [-0.39, 0.29) is 16.6 Å². The molecule has 2 fully saturated rings. The van der Waals surface area contributed by atoms with Crippen molar-refractivity contribution in [2.45, 2.75) is 33.6 Å². The highest BCUT2D eigenvalue weighted by molar-refractivity contribution is 6.46. The van der Waals surface area contributed by atoms with Gasteiger partial charge in [0.1, 0.15) is 0 Å². The second-order valence-electron chi connectivity index (χ2n) is 6.56. The number of anilines is 1. The molecule has 19 heavy (non-hydrogen) atoms. The third-order valence-corrected chi connectivity index (χ3v) is 5.43. The van der Waals surface area contributed by atoms with Gasteiger partial charge in [0, 0.05) is 17.0 Å². The fourth-order valence-corrected chi connectivity index (χ4v) is 3.64. The molecule has 0 saturated heterocycles. The molecule has 0 radical (unpaired) electrons. The van der Waals surface area contributed by atoms with Crippen LogP contribution in [0, 0.1) is 16.7 Å². The van der Waals surface area contributed by atoms with Crippen molar-refractivity contribution in [3.8, 4) is 0 Å². The van der Waals surface area contributed by atoms with Gasteiger partial charge in [-0.2, -0.15) is 0 Å². The van der Waals surface area contributed by atoms with Gasteiger partial charge in [-0.3, -0.25) is 4.79 Å². The molecular weight excluding hydrogens is 236 g/mol. The predicted molar refractivity (Wildman–Crippen MR) is 77.6 cm³/mol. The molecule has 3 rings (SSSR count). The van der Waals surface area contributed by atoms with Crippen LogP contribution in [0.4, 0.5) is 11.4 Å². The van der Waals surface area contributed by atoms with Crippen LogP contribution in [0.3, 0.4) is 0 Å². The van der Waals surface area contributed by atoms with Gasteiger partial charge in [-0.05, 0) is 42.5 Å². The van der Waals surface area contributed by atoms with Gasteiger partial charge in [-0.1, -0.05) is 20.8 Å². The van der Waals surface area contributed by atoms with Gasteiger partial charge in [0.2, 0.25) is 0 Å². The number of hydrogen-bond donors (Lipinski definition) is 1. The summed E-state index contributed by atoms with van der Waals surface area (Å²) in [6, 6.07) is 7.39. The Morgan fingerprint density at radius 1 is 1.21 bits per heavy atom. The molecule has 3 heteroatoms. The molecule has 2 aliphatic carbocycles. The number of carbonyl (C=O) groups is 1. The highest BCUT2D eigenvalue weighted by Crippen LogP contribution is 2.62. The highest BCUT2D eigenvalue weighted by Gasteiger charge is 2.64. The molecule has 3 nitrogen and oxygen atoms in total.